The van der Waals surface area contributed by atoms with Crippen molar-refractivity contribution in [2.45, 2.75) is 25.4 Å². The van der Waals surface area contributed by atoms with E-state index in [4.69, 9.17) is 4.74 Å². The zero-order chi connectivity index (χ0) is 14.8. The van der Waals surface area contributed by atoms with Crippen LogP contribution in [0.5, 0.6) is 5.75 Å². The fourth-order valence-electron chi connectivity index (χ4n) is 3.13. The number of ether oxygens (including phenoxy) is 1. The third kappa shape index (κ3) is 2.99. The van der Waals surface area contributed by atoms with Gasteiger partial charge in [0, 0.05) is 4.47 Å². The van der Waals surface area contributed by atoms with Crippen LogP contribution in [0.25, 0.3) is 0 Å². The molecule has 1 N–H and O–H groups in total. The third-order valence-corrected chi connectivity index (χ3v) is 5.11. The summed E-state index contributed by atoms with van der Waals surface area (Å²) in [5, 5.41) is 10.7. The standard InChI is InChI=1S/C18H19BrO2/c1-21-15-8-9-17(19)14(11-15)10-13-7-6-12-4-2-3-5-16(12)18(13)20/h2-5,8-9,11,13,18,20H,6-7,10H2,1H3. The molecule has 2 unspecified atom stereocenters. The van der Waals surface area contributed by atoms with E-state index in [1.54, 1.807) is 7.11 Å². The predicted octanol–water partition coefficient (Wildman–Crippen LogP) is 4.30. The van der Waals surface area contributed by atoms with Crippen LogP contribution in [-0.4, -0.2) is 12.2 Å². The van der Waals surface area contributed by atoms with Crippen LogP contribution in [0.4, 0.5) is 0 Å². The van der Waals surface area contributed by atoms with E-state index in [0.717, 1.165) is 35.0 Å². The SMILES string of the molecule is COc1ccc(Br)c(CC2CCc3ccccc3C2O)c1. The van der Waals surface area contributed by atoms with Crippen molar-refractivity contribution in [1.82, 2.24) is 0 Å². The highest BCUT2D eigenvalue weighted by Crippen LogP contribution is 2.37. The summed E-state index contributed by atoms with van der Waals surface area (Å²) < 4.78 is 6.38. The van der Waals surface area contributed by atoms with E-state index in [1.807, 2.05) is 30.3 Å². The summed E-state index contributed by atoms with van der Waals surface area (Å²) in [6.45, 7) is 0. The molecule has 0 spiro atoms. The van der Waals surface area contributed by atoms with Crippen LogP contribution in [0.1, 0.15) is 29.2 Å². The lowest BCUT2D eigenvalue weighted by Crippen LogP contribution is -2.22. The highest BCUT2D eigenvalue weighted by molar-refractivity contribution is 9.10. The first-order valence-electron chi connectivity index (χ1n) is 7.27. The molecule has 2 atom stereocenters. The Balaban J connectivity index is 1.83. The molecule has 0 saturated carbocycles. The molecule has 0 heterocycles. The molecule has 2 nitrogen and oxygen atoms in total. The van der Waals surface area contributed by atoms with Gasteiger partial charge in [-0.05, 0) is 60.1 Å². The van der Waals surface area contributed by atoms with Gasteiger partial charge in [0.2, 0.25) is 0 Å². The van der Waals surface area contributed by atoms with Crippen LogP contribution in [0.15, 0.2) is 46.9 Å². The summed E-state index contributed by atoms with van der Waals surface area (Å²) in [7, 11) is 1.68. The lowest BCUT2D eigenvalue weighted by atomic mass is 9.78. The van der Waals surface area contributed by atoms with Crippen LogP contribution in [0.2, 0.25) is 0 Å². The Morgan fingerprint density at radius 2 is 2.05 bits per heavy atom. The van der Waals surface area contributed by atoms with Crippen molar-refractivity contribution in [2.75, 3.05) is 7.11 Å². The van der Waals surface area contributed by atoms with E-state index >= 15 is 0 Å². The van der Waals surface area contributed by atoms with E-state index < -0.39 is 0 Å². The molecular weight excluding hydrogens is 328 g/mol. The summed E-state index contributed by atoms with van der Waals surface area (Å²) in [5.41, 5.74) is 3.57. The molecule has 0 saturated heterocycles. The van der Waals surface area contributed by atoms with Gasteiger partial charge in [-0.3, -0.25) is 0 Å². The average Bonchev–Trinajstić information content (AvgIpc) is 2.52. The number of aryl methyl sites for hydroxylation is 1. The number of hydrogen-bond acceptors (Lipinski definition) is 2. The van der Waals surface area contributed by atoms with Crippen LogP contribution in [0, 0.1) is 5.92 Å². The highest BCUT2D eigenvalue weighted by Gasteiger charge is 2.28. The first-order valence-corrected chi connectivity index (χ1v) is 8.06. The minimum absolute atomic E-state index is 0.253. The first kappa shape index (κ1) is 14.6. The van der Waals surface area contributed by atoms with Crippen molar-refractivity contribution in [2.24, 2.45) is 5.92 Å². The monoisotopic (exact) mass is 346 g/mol. The van der Waals surface area contributed by atoms with E-state index in [9.17, 15) is 5.11 Å². The molecule has 0 amide bonds. The normalized spacial score (nSPS) is 20.9. The summed E-state index contributed by atoms with van der Waals surface area (Å²) in [6, 6.07) is 14.2. The molecule has 1 aliphatic rings. The van der Waals surface area contributed by atoms with Gasteiger partial charge in [0.1, 0.15) is 5.75 Å². The minimum Gasteiger partial charge on any atom is -0.497 e. The van der Waals surface area contributed by atoms with Gasteiger partial charge in [0.05, 0.1) is 13.2 Å². The number of benzene rings is 2. The maximum absolute atomic E-state index is 10.7. The minimum atomic E-state index is -0.381. The molecule has 0 fully saturated rings. The Hall–Kier alpha value is -1.32. The zero-order valence-electron chi connectivity index (χ0n) is 12.1. The number of aliphatic hydroxyl groups excluding tert-OH is 1. The van der Waals surface area contributed by atoms with Crippen LogP contribution in [-0.2, 0) is 12.8 Å². The quantitative estimate of drug-likeness (QED) is 0.897. The number of halogens is 1. The summed E-state index contributed by atoms with van der Waals surface area (Å²) in [4.78, 5) is 0. The highest BCUT2D eigenvalue weighted by atomic mass is 79.9. The fourth-order valence-corrected chi connectivity index (χ4v) is 3.54. The van der Waals surface area contributed by atoms with E-state index in [-0.39, 0.29) is 12.0 Å². The lowest BCUT2D eigenvalue weighted by molar-refractivity contribution is 0.0935. The summed E-state index contributed by atoms with van der Waals surface area (Å²) >= 11 is 3.60. The Morgan fingerprint density at radius 1 is 1.24 bits per heavy atom. The van der Waals surface area contributed by atoms with Crippen molar-refractivity contribution >= 4 is 15.9 Å². The summed E-state index contributed by atoms with van der Waals surface area (Å²) in [5.74, 6) is 1.11. The van der Waals surface area contributed by atoms with Crippen LogP contribution < -0.4 is 4.74 Å². The van der Waals surface area contributed by atoms with Crippen molar-refractivity contribution in [3.05, 3.63) is 63.6 Å². The van der Waals surface area contributed by atoms with Gasteiger partial charge < -0.3 is 9.84 Å². The van der Waals surface area contributed by atoms with Crippen molar-refractivity contribution in [1.29, 1.82) is 0 Å². The maximum atomic E-state index is 10.7. The molecule has 0 bridgehead atoms. The fraction of sp³-hybridized carbons (Fsp3) is 0.333. The Morgan fingerprint density at radius 3 is 2.86 bits per heavy atom. The number of rotatable bonds is 3. The van der Waals surface area contributed by atoms with Crippen LogP contribution in [0.3, 0.4) is 0 Å². The molecule has 110 valence electrons. The zero-order valence-corrected chi connectivity index (χ0v) is 13.6. The molecule has 3 rings (SSSR count). The van der Waals surface area contributed by atoms with Gasteiger partial charge in [-0.1, -0.05) is 40.2 Å². The van der Waals surface area contributed by atoms with E-state index in [1.165, 1.54) is 11.1 Å². The topological polar surface area (TPSA) is 29.5 Å². The first-order chi connectivity index (χ1) is 10.2. The smallest absolute Gasteiger partial charge is 0.119 e. The molecule has 2 aromatic rings. The average molecular weight is 347 g/mol. The number of methoxy groups -OCH3 is 1. The van der Waals surface area contributed by atoms with Gasteiger partial charge >= 0.3 is 0 Å². The maximum Gasteiger partial charge on any atom is 0.119 e. The van der Waals surface area contributed by atoms with Crippen molar-refractivity contribution in [3.63, 3.8) is 0 Å². The molecule has 3 heteroatoms. The van der Waals surface area contributed by atoms with Gasteiger partial charge in [-0.2, -0.15) is 0 Å². The summed E-state index contributed by atoms with van der Waals surface area (Å²) in [6.07, 6.45) is 2.53. The van der Waals surface area contributed by atoms with Gasteiger partial charge in [-0.15, -0.1) is 0 Å². The largest absolute Gasteiger partial charge is 0.497 e. The second-order valence-electron chi connectivity index (χ2n) is 5.60. The third-order valence-electron chi connectivity index (χ3n) is 4.34. The van der Waals surface area contributed by atoms with Crippen molar-refractivity contribution < 1.29 is 9.84 Å². The second-order valence-corrected chi connectivity index (χ2v) is 6.46. The number of aliphatic hydroxyl groups is 1. The van der Waals surface area contributed by atoms with Crippen molar-refractivity contribution in [3.8, 4) is 5.75 Å². The van der Waals surface area contributed by atoms with E-state index in [2.05, 4.69) is 28.1 Å². The molecule has 2 aromatic carbocycles. The Kier molecular flexibility index (Phi) is 4.32. The van der Waals surface area contributed by atoms with Gasteiger partial charge in [-0.25, -0.2) is 0 Å². The van der Waals surface area contributed by atoms with Gasteiger partial charge in [0.15, 0.2) is 0 Å². The molecule has 0 radical (unpaired) electrons. The molecule has 21 heavy (non-hydrogen) atoms. The number of fused-ring (bicyclic) bond motifs is 1. The van der Waals surface area contributed by atoms with Crippen LogP contribution >= 0.6 is 15.9 Å². The van der Waals surface area contributed by atoms with E-state index in [0.29, 0.717) is 0 Å². The Bertz CT molecular complexity index is 639. The number of hydrogen-bond donors (Lipinski definition) is 1. The van der Waals surface area contributed by atoms with Gasteiger partial charge in [0.25, 0.3) is 0 Å². The molecular formula is C18H19BrO2. The second kappa shape index (κ2) is 6.20. The Labute approximate surface area is 133 Å². The molecule has 0 aromatic heterocycles. The predicted molar refractivity (Wildman–Crippen MR) is 87.6 cm³/mol. The molecule has 1 aliphatic carbocycles. The lowest BCUT2D eigenvalue weighted by Gasteiger charge is -2.30. The molecule has 0 aliphatic heterocycles.